The molecule has 0 radical (unpaired) electrons. The second-order valence-electron chi connectivity index (χ2n) is 9.07. The molecule has 166 valence electrons. The Morgan fingerprint density at radius 2 is 1.88 bits per heavy atom. The number of nitrogens with one attached hydrogen (secondary N) is 1. The highest BCUT2D eigenvalue weighted by molar-refractivity contribution is 6.01. The van der Waals surface area contributed by atoms with E-state index < -0.39 is 5.54 Å². The van der Waals surface area contributed by atoms with E-state index in [1.807, 2.05) is 25.1 Å². The SMILES string of the molecule is COCCCN1CC(=O)N2C[C@@H](c3ccc(C)cc3)c3c([nH]c4ccccc34)[C@@]2(C)C1=O. The van der Waals surface area contributed by atoms with E-state index >= 15 is 0 Å². The van der Waals surface area contributed by atoms with Crippen LogP contribution in [0.4, 0.5) is 0 Å². The number of fused-ring (bicyclic) bond motifs is 5. The molecule has 0 saturated carbocycles. The lowest BCUT2D eigenvalue weighted by atomic mass is 9.76. The minimum Gasteiger partial charge on any atom is -0.385 e. The highest BCUT2D eigenvalue weighted by Crippen LogP contribution is 2.48. The minimum atomic E-state index is -1.04. The lowest BCUT2D eigenvalue weighted by Gasteiger charge is -2.51. The van der Waals surface area contributed by atoms with Gasteiger partial charge in [0.25, 0.3) is 5.91 Å². The molecule has 2 aliphatic heterocycles. The predicted octanol–water partition coefficient (Wildman–Crippen LogP) is 3.54. The smallest absolute Gasteiger partial charge is 0.254 e. The zero-order valence-corrected chi connectivity index (χ0v) is 18.9. The molecular weight excluding hydrogens is 402 g/mol. The first-order valence-electron chi connectivity index (χ1n) is 11.2. The van der Waals surface area contributed by atoms with E-state index in [1.165, 1.54) is 5.56 Å². The number of H-pyrrole nitrogens is 1. The first kappa shape index (κ1) is 20.8. The Balaban J connectivity index is 1.67. The molecule has 6 heteroatoms. The molecule has 1 N–H and O–H groups in total. The summed E-state index contributed by atoms with van der Waals surface area (Å²) in [5.41, 5.74) is 4.27. The second-order valence-corrected chi connectivity index (χ2v) is 9.07. The third-order valence-electron chi connectivity index (χ3n) is 7.07. The van der Waals surface area contributed by atoms with Crippen molar-refractivity contribution in [3.05, 3.63) is 70.9 Å². The van der Waals surface area contributed by atoms with Crippen LogP contribution >= 0.6 is 0 Å². The van der Waals surface area contributed by atoms with Gasteiger partial charge in [0.1, 0.15) is 0 Å². The van der Waals surface area contributed by atoms with Crippen LogP contribution in [-0.4, -0.2) is 59.9 Å². The number of piperazine rings is 1. The van der Waals surface area contributed by atoms with Crippen LogP contribution in [0.2, 0.25) is 0 Å². The number of ether oxygens (including phenoxy) is 1. The number of benzene rings is 2. The van der Waals surface area contributed by atoms with Gasteiger partial charge < -0.3 is 19.5 Å². The summed E-state index contributed by atoms with van der Waals surface area (Å²) in [4.78, 5) is 34.2. The van der Waals surface area contributed by atoms with Crippen LogP contribution in [0.25, 0.3) is 10.9 Å². The van der Waals surface area contributed by atoms with Crippen LogP contribution < -0.4 is 0 Å². The van der Waals surface area contributed by atoms with Gasteiger partial charge in [-0.05, 0) is 37.5 Å². The minimum absolute atomic E-state index is 0.00613. The molecule has 6 nitrogen and oxygen atoms in total. The van der Waals surface area contributed by atoms with Crippen molar-refractivity contribution in [3.8, 4) is 0 Å². The Morgan fingerprint density at radius 1 is 1.12 bits per heavy atom. The van der Waals surface area contributed by atoms with Gasteiger partial charge >= 0.3 is 0 Å². The zero-order valence-electron chi connectivity index (χ0n) is 18.9. The van der Waals surface area contributed by atoms with E-state index in [2.05, 4.69) is 42.2 Å². The van der Waals surface area contributed by atoms with Crippen molar-refractivity contribution in [3.63, 3.8) is 0 Å². The fourth-order valence-corrected chi connectivity index (χ4v) is 5.35. The van der Waals surface area contributed by atoms with Crippen LogP contribution in [0.15, 0.2) is 48.5 Å². The first-order chi connectivity index (χ1) is 15.4. The standard InChI is InChI=1S/C26H29N3O3/c1-17-9-11-18(12-10-17)20-15-29-22(30)16-28(13-6-14-32-3)25(31)26(29,2)24-23(20)19-7-4-5-8-21(19)27-24/h4-5,7-12,20,27H,6,13-16H2,1-3H3/t20-,26-/m0/s1. The van der Waals surface area contributed by atoms with Crippen LogP contribution in [0, 0.1) is 6.92 Å². The van der Waals surface area contributed by atoms with Crippen LogP contribution in [0.5, 0.6) is 0 Å². The molecular formula is C26H29N3O3. The van der Waals surface area contributed by atoms with Crippen molar-refractivity contribution in [1.82, 2.24) is 14.8 Å². The predicted molar refractivity (Wildman–Crippen MR) is 123 cm³/mol. The number of hydrogen-bond donors (Lipinski definition) is 1. The molecule has 0 spiro atoms. The molecule has 1 saturated heterocycles. The molecule has 2 aliphatic rings. The highest BCUT2D eigenvalue weighted by atomic mass is 16.5. The van der Waals surface area contributed by atoms with Gasteiger partial charge in [-0.25, -0.2) is 0 Å². The number of carbonyl (C=O) groups is 2. The summed E-state index contributed by atoms with van der Waals surface area (Å²) in [5, 5.41) is 1.12. The van der Waals surface area contributed by atoms with Crippen molar-refractivity contribution >= 4 is 22.7 Å². The van der Waals surface area contributed by atoms with Crippen molar-refractivity contribution in [2.75, 3.05) is 33.4 Å². The molecule has 0 aliphatic carbocycles. The lowest BCUT2D eigenvalue weighted by Crippen LogP contribution is -2.67. The van der Waals surface area contributed by atoms with Gasteiger partial charge in [0, 0.05) is 43.6 Å². The summed E-state index contributed by atoms with van der Waals surface area (Å²) >= 11 is 0. The molecule has 1 aromatic heterocycles. The largest absolute Gasteiger partial charge is 0.385 e. The van der Waals surface area contributed by atoms with E-state index in [1.54, 1.807) is 16.9 Å². The van der Waals surface area contributed by atoms with Crippen molar-refractivity contribution < 1.29 is 14.3 Å². The van der Waals surface area contributed by atoms with Crippen molar-refractivity contribution in [2.24, 2.45) is 0 Å². The molecule has 0 bridgehead atoms. The molecule has 2 amide bonds. The number of aromatic nitrogens is 1. The topological polar surface area (TPSA) is 65.6 Å². The summed E-state index contributed by atoms with van der Waals surface area (Å²) in [6, 6.07) is 16.7. The van der Waals surface area contributed by atoms with Gasteiger partial charge in [0.05, 0.1) is 12.2 Å². The Bertz CT molecular complexity index is 1180. The van der Waals surface area contributed by atoms with Crippen LogP contribution in [0.1, 0.15) is 41.6 Å². The summed E-state index contributed by atoms with van der Waals surface area (Å²) in [6.07, 6.45) is 0.706. The molecule has 0 unspecified atom stereocenters. The Hall–Kier alpha value is -3.12. The zero-order chi connectivity index (χ0) is 22.5. The quantitative estimate of drug-likeness (QED) is 0.629. The fraction of sp³-hybridized carbons (Fsp3) is 0.385. The average molecular weight is 432 g/mol. The van der Waals surface area contributed by atoms with Crippen LogP contribution in [0.3, 0.4) is 0 Å². The molecule has 32 heavy (non-hydrogen) atoms. The number of methoxy groups -OCH3 is 1. The van der Waals surface area contributed by atoms with Gasteiger partial charge in [0.2, 0.25) is 5.91 Å². The monoisotopic (exact) mass is 431 g/mol. The average Bonchev–Trinajstić information content (AvgIpc) is 3.19. The third kappa shape index (κ3) is 3.05. The Labute approximate surface area is 188 Å². The number of amides is 2. The Kier molecular flexibility index (Phi) is 5.05. The van der Waals surface area contributed by atoms with Crippen molar-refractivity contribution in [2.45, 2.75) is 31.7 Å². The first-order valence-corrected chi connectivity index (χ1v) is 11.2. The van der Waals surface area contributed by atoms with Gasteiger partial charge in [-0.3, -0.25) is 9.59 Å². The summed E-state index contributed by atoms with van der Waals surface area (Å²) in [6.45, 7) is 5.66. The summed E-state index contributed by atoms with van der Waals surface area (Å²) < 4.78 is 5.15. The van der Waals surface area contributed by atoms with Crippen molar-refractivity contribution in [1.29, 1.82) is 0 Å². The van der Waals surface area contributed by atoms with E-state index in [4.69, 9.17) is 4.74 Å². The van der Waals surface area contributed by atoms with E-state index in [9.17, 15) is 9.59 Å². The van der Waals surface area contributed by atoms with E-state index in [0.717, 1.165) is 27.7 Å². The number of nitrogens with zero attached hydrogens (tertiary/aromatic N) is 2. The van der Waals surface area contributed by atoms with Gasteiger partial charge in [-0.1, -0.05) is 48.0 Å². The molecule has 2 aromatic carbocycles. The molecule has 1 fully saturated rings. The number of rotatable bonds is 5. The highest BCUT2D eigenvalue weighted by Gasteiger charge is 2.56. The third-order valence-corrected chi connectivity index (χ3v) is 7.07. The van der Waals surface area contributed by atoms with Gasteiger partial charge in [-0.2, -0.15) is 0 Å². The Morgan fingerprint density at radius 3 is 2.62 bits per heavy atom. The van der Waals surface area contributed by atoms with E-state index in [0.29, 0.717) is 26.1 Å². The van der Waals surface area contributed by atoms with E-state index in [-0.39, 0.29) is 24.3 Å². The normalized spacial score (nSPS) is 22.9. The maximum Gasteiger partial charge on any atom is 0.254 e. The maximum atomic E-state index is 13.8. The number of para-hydroxylation sites is 1. The molecule has 2 atom stereocenters. The number of carbonyl (C=O) groups excluding carboxylic acids is 2. The molecule has 3 aromatic rings. The number of hydrogen-bond acceptors (Lipinski definition) is 3. The number of aryl methyl sites for hydroxylation is 1. The number of aromatic amines is 1. The molecule has 3 heterocycles. The van der Waals surface area contributed by atoms with Crippen LogP contribution in [-0.2, 0) is 19.9 Å². The summed E-state index contributed by atoms with van der Waals surface area (Å²) in [7, 11) is 1.65. The molecule has 5 rings (SSSR count). The second kappa shape index (κ2) is 7.78. The van der Waals surface area contributed by atoms with Gasteiger partial charge in [-0.15, -0.1) is 0 Å². The maximum absolute atomic E-state index is 13.8. The van der Waals surface area contributed by atoms with Gasteiger partial charge in [0.15, 0.2) is 5.54 Å². The fourth-order valence-electron chi connectivity index (χ4n) is 5.35. The summed E-state index contributed by atoms with van der Waals surface area (Å²) in [5.74, 6) is -0.0269. The lowest BCUT2D eigenvalue weighted by molar-refractivity contribution is -0.166.